The Kier molecular flexibility index (Phi) is 3.78. The van der Waals surface area contributed by atoms with Crippen molar-refractivity contribution in [2.24, 2.45) is 0 Å². The van der Waals surface area contributed by atoms with Crippen molar-refractivity contribution >= 4 is 45.4 Å². The summed E-state index contributed by atoms with van der Waals surface area (Å²) >= 11 is 8.04. The first-order chi connectivity index (χ1) is 9.70. The monoisotopic (exact) mass is 405 g/mol. The molecule has 3 aromatic rings. The normalized spacial score (nSPS) is 11.3. The van der Waals surface area contributed by atoms with Crippen molar-refractivity contribution in [1.82, 2.24) is 34.5 Å². The molecule has 0 aliphatic carbocycles. The van der Waals surface area contributed by atoms with Gasteiger partial charge in [0.2, 0.25) is 0 Å². The first-order valence-electron chi connectivity index (χ1n) is 5.66. The van der Waals surface area contributed by atoms with Crippen LogP contribution < -0.4 is 0 Å². The highest BCUT2D eigenvalue weighted by molar-refractivity contribution is 14.1. The molecule has 0 bridgehead atoms. The van der Waals surface area contributed by atoms with Gasteiger partial charge in [-0.3, -0.25) is 0 Å². The molecule has 0 aromatic carbocycles. The highest BCUT2D eigenvalue weighted by Crippen LogP contribution is 2.19. The quantitative estimate of drug-likeness (QED) is 0.488. The van der Waals surface area contributed by atoms with Crippen LogP contribution in [0.1, 0.15) is 5.69 Å². The van der Waals surface area contributed by atoms with E-state index in [1.807, 2.05) is 0 Å². The highest BCUT2D eigenvalue weighted by Gasteiger charge is 2.14. The van der Waals surface area contributed by atoms with Crippen LogP contribution in [-0.4, -0.2) is 41.2 Å². The summed E-state index contributed by atoms with van der Waals surface area (Å²) in [5, 5.41) is 8.27. The molecule has 0 fully saturated rings. The topological polar surface area (TPSA) is 74.3 Å². The van der Waals surface area contributed by atoms with Crippen LogP contribution in [0.15, 0.2) is 12.7 Å². The Morgan fingerprint density at radius 3 is 2.95 bits per heavy atom. The fourth-order valence-electron chi connectivity index (χ4n) is 1.79. The lowest BCUT2D eigenvalue weighted by Crippen LogP contribution is -2.05. The average Bonchev–Trinajstić information content (AvgIpc) is 2.99. The van der Waals surface area contributed by atoms with Gasteiger partial charge in [0.15, 0.2) is 10.8 Å². The molecule has 20 heavy (non-hydrogen) atoms. The predicted molar refractivity (Wildman–Crippen MR) is 78.1 cm³/mol. The molecule has 3 rings (SSSR count). The maximum Gasteiger partial charge on any atom is 0.165 e. The minimum atomic E-state index is -0.477. The zero-order valence-electron chi connectivity index (χ0n) is 10.0. The van der Waals surface area contributed by atoms with Crippen molar-refractivity contribution in [1.29, 1.82) is 0 Å². The summed E-state index contributed by atoms with van der Waals surface area (Å²) in [6.45, 7) is 0.161. The Balaban J connectivity index is 1.95. The zero-order valence-corrected chi connectivity index (χ0v) is 13.0. The van der Waals surface area contributed by atoms with E-state index < -0.39 is 6.67 Å². The lowest BCUT2D eigenvalue weighted by molar-refractivity contribution is 0.418. The lowest BCUT2D eigenvalue weighted by Gasteiger charge is -2.02. The van der Waals surface area contributed by atoms with Gasteiger partial charge in [0.1, 0.15) is 27.9 Å². The van der Waals surface area contributed by atoms with Crippen LogP contribution in [0.4, 0.5) is 4.39 Å². The third-order valence-electron chi connectivity index (χ3n) is 2.71. The Bertz CT molecular complexity index is 755. The second kappa shape index (κ2) is 5.56. The van der Waals surface area contributed by atoms with Crippen LogP contribution in [0.5, 0.6) is 0 Å². The molecule has 104 valence electrons. The fraction of sp³-hybridized carbons (Fsp3) is 0.300. The van der Waals surface area contributed by atoms with E-state index in [2.05, 4.69) is 47.9 Å². The largest absolute Gasteiger partial charge is 0.309 e. The lowest BCUT2D eigenvalue weighted by atomic mass is 10.4. The molecule has 7 nitrogen and oxygen atoms in total. The van der Waals surface area contributed by atoms with Gasteiger partial charge >= 0.3 is 0 Å². The molecule has 0 spiro atoms. The Morgan fingerprint density at radius 2 is 2.15 bits per heavy atom. The maximum atomic E-state index is 12.4. The summed E-state index contributed by atoms with van der Waals surface area (Å²) < 4.78 is 16.5. The van der Waals surface area contributed by atoms with Crippen molar-refractivity contribution in [2.45, 2.75) is 13.1 Å². The van der Waals surface area contributed by atoms with Crippen molar-refractivity contribution in [3.63, 3.8) is 0 Å². The number of imidazole rings is 1. The number of nitrogens with zero attached hydrogens (tertiary/aromatic N) is 7. The number of alkyl halides is 1. The summed E-state index contributed by atoms with van der Waals surface area (Å²) in [4.78, 5) is 12.2. The first-order valence-corrected chi connectivity index (χ1v) is 7.11. The summed E-state index contributed by atoms with van der Waals surface area (Å²) in [6, 6.07) is 0. The Morgan fingerprint density at radius 1 is 1.30 bits per heavy atom. The molecular weight excluding hydrogens is 398 g/mol. The van der Waals surface area contributed by atoms with Gasteiger partial charge in [0.25, 0.3) is 0 Å². The van der Waals surface area contributed by atoms with Crippen LogP contribution in [-0.2, 0) is 13.1 Å². The first kappa shape index (κ1) is 13.6. The van der Waals surface area contributed by atoms with Crippen LogP contribution in [0.3, 0.4) is 0 Å². The van der Waals surface area contributed by atoms with Crippen molar-refractivity contribution in [3.05, 3.63) is 27.2 Å². The highest BCUT2D eigenvalue weighted by atomic mass is 125. The summed E-state index contributed by atoms with van der Waals surface area (Å²) in [7, 11) is 0. The van der Waals surface area contributed by atoms with Crippen molar-refractivity contribution < 1.29 is 4.39 Å². The van der Waals surface area contributed by atoms with Crippen LogP contribution in [0.25, 0.3) is 11.2 Å². The van der Waals surface area contributed by atoms with E-state index in [0.717, 1.165) is 9.39 Å². The standard InChI is InChI=1S/C10H8ClFIN7/c11-8-7-10(15-4-14-8)19(5-16-7)3-6-9(13)20(2-1-12)18-17-6/h4-5H,1-3H2/i13-2. The number of fused-ring (bicyclic) bond motifs is 1. The molecular formula is C10H8ClFIN7. The molecule has 10 heteroatoms. The smallest absolute Gasteiger partial charge is 0.165 e. The van der Waals surface area contributed by atoms with E-state index in [4.69, 9.17) is 11.6 Å². The number of halogens is 3. The van der Waals surface area contributed by atoms with E-state index in [1.165, 1.54) is 11.0 Å². The molecule has 0 saturated carbocycles. The van der Waals surface area contributed by atoms with E-state index in [0.29, 0.717) is 22.9 Å². The van der Waals surface area contributed by atoms with Gasteiger partial charge in [0, 0.05) is 0 Å². The minimum absolute atomic E-state index is 0.198. The molecule has 3 heterocycles. The Labute approximate surface area is 131 Å². The average molecular weight is 406 g/mol. The van der Waals surface area contributed by atoms with E-state index in [-0.39, 0.29) is 6.54 Å². The Hall–Kier alpha value is -1.36. The number of rotatable bonds is 4. The second-order valence-corrected chi connectivity index (χ2v) is 5.33. The molecule has 3 aromatic heterocycles. The number of hydrogen-bond donors (Lipinski definition) is 0. The van der Waals surface area contributed by atoms with Gasteiger partial charge in [-0.1, -0.05) is 16.8 Å². The SMILES string of the molecule is FCCn1nnc(Cn2cnc3c(Cl)ncnc32)c1[125I]. The van der Waals surface area contributed by atoms with E-state index in [1.54, 1.807) is 10.9 Å². The molecule has 0 aliphatic rings. The predicted octanol–water partition coefficient (Wildman–Crippen LogP) is 1.69. The molecule has 0 radical (unpaired) electrons. The molecule has 0 saturated heterocycles. The van der Waals surface area contributed by atoms with Crippen molar-refractivity contribution in [2.75, 3.05) is 6.67 Å². The van der Waals surface area contributed by atoms with Gasteiger partial charge in [-0.25, -0.2) is 24.0 Å². The van der Waals surface area contributed by atoms with Crippen LogP contribution in [0.2, 0.25) is 5.15 Å². The van der Waals surface area contributed by atoms with Gasteiger partial charge in [-0.05, 0) is 22.6 Å². The maximum absolute atomic E-state index is 12.4. The third-order valence-corrected chi connectivity index (χ3v) is 4.17. The zero-order chi connectivity index (χ0) is 14.1. The summed E-state index contributed by atoms with van der Waals surface area (Å²) in [5.41, 5.74) is 1.90. The number of aromatic nitrogens is 7. The van der Waals surface area contributed by atoms with Gasteiger partial charge < -0.3 is 4.57 Å². The van der Waals surface area contributed by atoms with Gasteiger partial charge in [-0.15, -0.1) is 5.10 Å². The van der Waals surface area contributed by atoms with E-state index in [9.17, 15) is 4.39 Å². The van der Waals surface area contributed by atoms with Crippen molar-refractivity contribution in [3.8, 4) is 0 Å². The van der Waals surface area contributed by atoms with Crippen LogP contribution in [0, 0.1) is 3.70 Å². The molecule has 0 unspecified atom stereocenters. The van der Waals surface area contributed by atoms with Crippen LogP contribution >= 0.6 is 34.2 Å². The minimum Gasteiger partial charge on any atom is -0.309 e. The molecule has 0 N–H and O–H groups in total. The molecule has 0 atom stereocenters. The fourth-order valence-corrected chi connectivity index (χ4v) is 2.58. The number of aryl methyl sites for hydroxylation is 1. The molecule has 0 amide bonds. The summed E-state index contributed by atoms with van der Waals surface area (Å²) in [6.07, 6.45) is 3.00. The van der Waals surface area contributed by atoms with E-state index >= 15 is 0 Å². The van der Waals surface area contributed by atoms with Gasteiger partial charge in [0.05, 0.1) is 19.4 Å². The number of hydrogen-bond acceptors (Lipinski definition) is 5. The van der Waals surface area contributed by atoms with Gasteiger partial charge in [-0.2, -0.15) is 0 Å². The summed E-state index contributed by atoms with van der Waals surface area (Å²) in [5.74, 6) is 0. The third kappa shape index (κ3) is 2.35. The second-order valence-electron chi connectivity index (χ2n) is 3.95. The molecule has 0 aliphatic heterocycles.